The standard InChI is InChI=1S/C23H23ClF2N6/c24-16-1-4-20-15(9-16)12-31(18-2-3-18)13-21-28-29-22(32(20)21)14-5-7-30(8-6-14)23-19(26)10-17(25)11-27-23/h1,4,9-11,14,18H,2-3,5-8,12-13H2. The Hall–Kier alpha value is -2.58. The SMILES string of the molecule is Fc1cnc(N2CCC(c3nnc4n3-c3ccc(Cl)cc3CN(C3CC3)C4)CC2)c(F)c1. The van der Waals surface area contributed by atoms with Crippen LogP contribution in [0, 0.1) is 11.6 Å². The first kappa shape index (κ1) is 20.1. The lowest BCUT2D eigenvalue weighted by Crippen LogP contribution is -2.35. The molecule has 0 atom stereocenters. The predicted octanol–water partition coefficient (Wildman–Crippen LogP) is 4.46. The van der Waals surface area contributed by atoms with Crippen LogP contribution < -0.4 is 4.90 Å². The monoisotopic (exact) mass is 456 g/mol. The molecule has 2 aliphatic heterocycles. The van der Waals surface area contributed by atoms with Crippen LogP contribution in [0.3, 0.4) is 0 Å². The third kappa shape index (κ3) is 3.55. The highest BCUT2D eigenvalue weighted by Gasteiger charge is 2.35. The maximum Gasteiger partial charge on any atom is 0.168 e. The van der Waals surface area contributed by atoms with E-state index in [0.717, 1.165) is 60.6 Å². The summed E-state index contributed by atoms with van der Waals surface area (Å²) in [7, 11) is 0. The van der Waals surface area contributed by atoms with Crippen molar-refractivity contribution in [2.24, 2.45) is 0 Å². The fraction of sp³-hybridized carbons (Fsp3) is 0.435. The summed E-state index contributed by atoms with van der Waals surface area (Å²) in [6.45, 7) is 2.89. The number of aromatic nitrogens is 4. The van der Waals surface area contributed by atoms with Crippen LogP contribution in [0.2, 0.25) is 5.02 Å². The van der Waals surface area contributed by atoms with E-state index in [2.05, 4.69) is 36.8 Å². The summed E-state index contributed by atoms with van der Waals surface area (Å²) < 4.78 is 29.6. The smallest absolute Gasteiger partial charge is 0.168 e. The van der Waals surface area contributed by atoms with E-state index in [1.807, 2.05) is 11.0 Å². The van der Waals surface area contributed by atoms with Gasteiger partial charge in [-0.25, -0.2) is 13.8 Å². The van der Waals surface area contributed by atoms with E-state index in [9.17, 15) is 8.78 Å². The maximum atomic E-state index is 14.2. The number of pyridine rings is 1. The molecule has 0 N–H and O–H groups in total. The summed E-state index contributed by atoms with van der Waals surface area (Å²) in [5, 5.41) is 9.94. The molecule has 0 unspecified atom stereocenters. The summed E-state index contributed by atoms with van der Waals surface area (Å²) in [5.74, 6) is 1.05. The van der Waals surface area contributed by atoms with Gasteiger partial charge in [0, 0.05) is 42.7 Å². The van der Waals surface area contributed by atoms with Crippen LogP contribution in [-0.4, -0.2) is 43.8 Å². The number of fused-ring (bicyclic) bond motifs is 3. The molecule has 2 fully saturated rings. The van der Waals surface area contributed by atoms with Gasteiger partial charge in [0.15, 0.2) is 17.5 Å². The predicted molar refractivity (Wildman–Crippen MR) is 117 cm³/mol. The zero-order valence-corrected chi connectivity index (χ0v) is 18.3. The molecule has 9 heteroatoms. The Kier molecular flexibility index (Phi) is 4.87. The Labute approximate surface area is 189 Å². The van der Waals surface area contributed by atoms with Crippen LogP contribution in [0.4, 0.5) is 14.6 Å². The van der Waals surface area contributed by atoms with E-state index in [1.165, 1.54) is 18.4 Å². The lowest BCUT2D eigenvalue weighted by atomic mass is 9.95. The molecule has 0 radical (unpaired) electrons. The molecule has 6 nitrogen and oxygen atoms in total. The summed E-state index contributed by atoms with van der Waals surface area (Å²) in [5.41, 5.74) is 2.29. The van der Waals surface area contributed by atoms with Crippen LogP contribution in [0.5, 0.6) is 0 Å². The molecule has 32 heavy (non-hydrogen) atoms. The van der Waals surface area contributed by atoms with Gasteiger partial charge in [-0.3, -0.25) is 9.47 Å². The Morgan fingerprint density at radius 1 is 0.969 bits per heavy atom. The van der Waals surface area contributed by atoms with Crippen molar-refractivity contribution in [3.63, 3.8) is 0 Å². The molecule has 166 valence electrons. The van der Waals surface area contributed by atoms with E-state index in [0.29, 0.717) is 19.1 Å². The van der Waals surface area contributed by atoms with Gasteiger partial charge >= 0.3 is 0 Å². The molecule has 3 aliphatic rings. The number of nitrogens with zero attached hydrogens (tertiary/aromatic N) is 6. The van der Waals surface area contributed by atoms with Gasteiger partial charge in [0.25, 0.3) is 0 Å². The second-order valence-electron chi connectivity index (χ2n) is 8.94. The van der Waals surface area contributed by atoms with Crippen LogP contribution >= 0.6 is 11.6 Å². The van der Waals surface area contributed by atoms with E-state index in [-0.39, 0.29) is 11.7 Å². The second kappa shape index (κ2) is 7.78. The minimum Gasteiger partial charge on any atom is -0.354 e. The molecule has 0 spiro atoms. The van der Waals surface area contributed by atoms with Crippen LogP contribution in [-0.2, 0) is 13.1 Å². The number of hydrogen-bond donors (Lipinski definition) is 0. The van der Waals surface area contributed by atoms with Gasteiger partial charge < -0.3 is 4.90 Å². The molecule has 1 saturated heterocycles. The number of hydrogen-bond acceptors (Lipinski definition) is 5. The summed E-state index contributed by atoms with van der Waals surface area (Å²) in [6.07, 6.45) is 5.11. The Balaban J connectivity index is 1.30. The Bertz CT molecular complexity index is 1170. The van der Waals surface area contributed by atoms with Crippen molar-refractivity contribution in [2.45, 2.75) is 50.7 Å². The fourth-order valence-electron chi connectivity index (χ4n) is 5.00. The van der Waals surface area contributed by atoms with Crippen molar-refractivity contribution in [3.05, 3.63) is 64.3 Å². The summed E-state index contributed by atoms with van der Waals surface area (Å²) in [4.78, 5) is 8.32. The van der Waals surface area contributed by atoms with Gasteiger partial charge in [0.2, 0.25) is 0 Å². The third-order valence-corrected chi connectivity index (χ3v) is 7.00. The molecule has 1 aromatic carbocycles. The summed E-state index contributed by atoms with van der Waals surface area (Å²) >= 11 is 6.33. The van der Waals surface area contributed by atoms with E-state index < -0.39 is 11.6 Å². The number of benzene rings is 1. The highest BCUT2D eigenvalue weighted by molar-refractivity contribution is 6.30. The molecule has 4 heterocycles. The molecule has 6 rings (SSSR count). The number of rotatable bonds is 3. The van der Waals surface area contributed by atoms with Gasteiger partial charge in [0.1, 0.15) is 11.6 Å². The summed E-state index contributed by atoms with van der Waals surface area (Å²) in [6, 6.07) is 7.54. The van der Waals surface area contributed by atoms with Gasteiger partial charge in [-0.15, -0.1) is 10.2 Å². The first-order chi connectivity index (χ1) is 15.6. The maximum absolute atomic E-state index is 14.2. The van der Waals surface area contributed by atoms with Crippen LogP contribution in [0.15, 0.2) is 30.5 Å². The second-order valence-corrected chi connectivity index (χ2v) is 9.38. The molecule has 0 bridgehead atoms. The minimum absolute atomic E-state index is 0.201. The Morgan fingerprint density at radius 3 is 2.53 bits per heavy atom. The fourth-order valence-corrected chi connectivity index (χ4v) is 5.20. The van der Waals surface area contributed by atoms with Gasteiger partial charge in [-0.2, -0.15) is 0 Å². The quantitative estimate of drug-likeness (QED) is 0.582. The van der Waals surface area contributed by atoms with Gasteiger partial charge in [0.05, 0.1) is 18.4 Å². The topological polar surface area (TPSA) is 50.1 Å². The molecule has 1 saturated carbocycles. The van der Waals surface area contributed by atoms with Crippen molar-refractivity contribution in [2.75, 3.05) is 18.0 Å². The van der Waals surface area contributed by atoms with E-state index >= 15 is 0 Å². The van der Waals surface area contributed by atoms with Crippen molar-refractivity contribution < 1.29 is 8.78 Å². The Morgan fingerprint density at radius 2 is 1.78 bits per heavy atom. The number of halogens is 3. The highest BCUT2D eigenvalue weighted by atomic mass is 35.5. The normalized spacial score (nSPS) is 19.5. The average Bonchev–Trinajstić information content (AvgIpc) is 3.57. The highest BCUT2D eigenvalue weighted by Crippen LogP contribution is 2.37. The molecule has 0 amide bonds. The largest absolute Gasteiger partial charge is 0.354 e. The van der Waals surface area contributed by atoms with Crippen molar-refractivity contribution in [1.82, 2.24) is 24.6 Å². The molecule has 3 aromatic rings. The molecule has 2 aromatic heterocycles. The van der Waals surface area contributed by atoms with Gasteiger partial charge in [-0.05, 0) is 49.4 Å². The number of anilines is 1. The minimum atomic E-state index is -0.661. The van der Waals surface area contributed by atoms with Gasteiger partial charge in [-0.1, -0.05) is 11.6 Å². The van der Waals surface area contributed by atoms with E-state index in [4.69, 9.17) is 11.6 Å². The molecular weight excluding hydrogens is 434 g/mol. The number of piperidine rings is 1. The zero-order chi connectivity index (χ0) is 21.8. The zero-order valence-electron chi connectivity index (χ0n) is 17.5. The lowest BCUT2D eigenvalue weighted by Gasteiger charge is -2.32. The van der Waals surface area contributed by atoms with Crippen molar-refractivity contribution in [3.8, 4) is 5.69 Å². The van der Waals surface area contributed by atoms with Crippen molar-refractivity contribution >= 4 is 17.4 Å². The van der Waals surface area contributed by atoms with Crippen molar-refractivity contribution in [1.29, 1.82) is 0 Å². The lowest BCUT2D eigenvalue weighted by molar-refractivity contribution is 0.243. The average molecular weight is 457 g/mol. The first-order valence-electron chi connectivity index (χ1n) is 11.1. The van der Waals surface area contributed by atoms with Crippen LogP contribution in [0.1, 0.15) is 48.8 Å². The third-order valence-electron chi connectivity index (χ3n) is 6.77. The van der Waals surface area contributed by atoms with E-state index in [1.54, 1.807) is 0 Å². The molecule has 1 aliphatic carbocycles. The van der Waals surface area contributed by atoms with Crippen LogP contribution in [0.25, 0.3) is 5.69 Å². The first-order valence-corrected chi connectivity index (χ1v) is 11.5. The molecular formula is C23H23ClF2N6.